The van der Waals surface area contributed by atoms with E-state index in [2.05, 4.69) is 28.9 Å². The van der Waals surface area contributed by atoms with Crippen LogP contribution in [-0.4, -0.2) is 19.6 Å². The van der Waals surface area contributed by atoms with Crippen LogP contribution in [0.15, 0.2) is 41.8 Å². The number of hydrogen-bond acceptors (Lipinski definition) is 4. The maximum Gasteiger partial charge on any atom is 0.309 e. The van der Waals surface area contributed by atoms with Gasteiger partial charge in [0.05, 0.1) is 13.5 Å². The summed E-state index contributed by atoms with van der Waals surface area (Å²) in [4.78, 5) is 12.8. The van der Waals surface area contributed by atoms with Crippen molar-refractivity contribution in [3.8, 4) is 0 Å². The Hall–Kier alpha value is -1.65. The average molecular weight is 289 g/mol. The number of nitrogens with one attached hydrogen (secondary N) is 1. The Balaban J connectivity index is 1.84. The lowest BCUT2D eigenvalue weighted by atomic mass is 10.0. The molecule has 0 aliphatic heterocycles. The molecule has 0 saturated heterocycles. The number of thiophene rings is 1. The summed E-state index contributed by atoms with van der Waals surface area (Å²) in [6.07, 6.45) is 1.37. The number of hydrogen-bond donors (Lipinski definition) is 1. The Morgan fingerprint density at radius 3 is 2.70 bits per heavy atom. The quantitative estimate of drug-likeness (QED) is 0.629. The van der Waals surface area contributed by atoms with E-state index in [1.165, 1.54) is 12.0 Å². The molecule has 0 radical (unpaired) electrons. The van der Waals surface area contributed by atoms with Crippen molar-refractivity contribution in [1.82, 2.24) is 5.32 Å². The van der Waals surface area contributed by atoms with Gasteiger partial charge in [-0.25, -0.2) is 0 Å². The zero-order chi connectivity index (χ0) is 14.2. The van der Waals surface area contributed by atoms with Gasteiger partial charge >= 0.3 is 5.97 Å². The molecule has 0 saturated carbocycles. The smallest absolute Gasteiger partial charge is 0.309 e. The normalized spacial score (nSPS) is 10.4. The molecule has 0 aliphatic carbocycles. The van der Waals surface area contributed by atoms with E-state index >= 15 is 0 Å². The van der Waals surface area contributed by atoms with Crippen LogP contribution in [0.2, 0.25) is 0 Å². The first-order valence-corrected chi connectivity index (χ1v) is 7.54. The van der Waals surface area contributed by atoms with E-state index < -0.39 is 0 Å². The van der Waals surface area contributed by atoms with E-state index in [1.807, 2.05) is 18.2 Å². The van der Waals surface area contributed by atoms with Crippen molar-refractivity contribution in [3.05, 3.63) is 57.8 Å². The van der Waals surface area contributed by atoms with Crippen LogP contribution >= 0.6 is 11.3 Å². The van der Waals surface area contributed by atoms with E-state index in [1.54, 1.807) is 11.3 Å². The van der Waals surface area contributed by atoms with Crippen molar-refractivity contribution in [2.24, 2.45) is 0 Å². The largest absolute Gasteiger partial charge is 0.469 e. The van der Waals surface area contributed by atoms with Gasteiger partial charge in [0.25, 0.3) is 0 Å². The summed E-state index contributed by atoms with van der Waals surface area (Å²) >= 11 is 1.78. The zero-order valence-electron chi connectivity index (χ0n) is 11.6. The molecule has 0 unspecified atom stereocenters. The van der Waals surface area contributed by atoms with Gasteiger partial charge in [-0.15, -0.1) is 11.3 Å². The molecule has 1 N–H and O–H groups in total. The Morgan fingerprint density at radius 1 is 1.20 bits per heavy atom. The van der Waals surface area contributed by atoms with Gasteiger partial charge in [0.15, 0.2) is 0 Å². The molecule has 20 heavy (non-hydrogen) atoms. The predicted molar refractivity (Wildman–Crippen MR) is 81.9 cm³/mol. The second-order valence-corrected chi connectivity index (χ2v) is 5.56. The fraction of sp³-hybridized carbons (Fsp3) is 0.312. The molecule has 2 aromatic rings. The number of methoxy groups -OCH3 is 1. The first-order valence-electron chi connectivity index (χ1n) is 6.66. The van der Waals surface area contributed by atoms with Gasteiger partial charge in [-0.3, -0.25) is 4.79 Å². The van der Waals surface area contributed by atoms with Crippen LogP contribution in [-0.2, 0) is 28.9 Å². The zero-order valence-corrected chi connectivity index (χ0v) is 12.4. The van der Waals surface area contributed by atoms with Crippen LogP contribution in [0.5, 0.6) is 0 Å². The summed E-state index contributed by atoms with van der Waals surface area (Å²) in [6.45, 7) is 1.71. The monoisotopic (exact) mass is 289 g/mol. The van der Waals surface area contributed by atoms with Gasteiger partial charge in [0.2, 0.25) is 0 Å². The summed E-state index contributed by atoms with van der Waals surface area (Å²) in [7, 11) is 1.42. The molecule has 0 atom stereocenters. The number of carbonyl (C=O) groups excluding carboxylic acids is 1. The highest BCUT2D eigenvalue weighted by molar-refractivity contribution is 7.09. The van der Waals surface area contributed by atoms with E-state index in [0.29, 0.717) is 6.42 Å². The fourth-order valence-electron chi connectivity index (χ4n) is 2.02. The minimum absolute atomic E-state index is 0.198. The minimum Gasteiger partial charge on any atom is -0.469 e. The third kappa shape index (κ3) is 4.47. The van der Waals surface area contributed by atoms with Gasteiger partial charge in [0, 0.05) is 18.0 Å². The molecule has 0 bridgehead atoms. The number of carbonyl (C=O) groups is 1. The maximum absolute atomic E-state index is 11.4. The van der Waals surface area contributed by atoms with Gasteiger partial charge in [0.1, 0.15) is 0 Å². The minimum atomic E-state index is -0.198. The number of rotatable bonds is 7. The van der Waals surface area contributed by atoms with Crippen molar-refractivity contribution in [2.45, 2.75) is 19.4 Å². The highest BCUT2D eigenvalue weighted by atomic mass is 32.1. The van der Waals surface area contributed by atoms with Gasteiger partial charge in [-0.05, 0) is 29.0 Å². The van der Waals surface area contributed by atoms with E-state index in [9.17, 15) is 4.79 Å². The Morgan fingerprint density at radius 2 is 2.00 bits per heavy atom. The van der Waals surface area contributed by atoms with Gasteiger partial charge in [-0.1, -0.05) is 30.3 Å². The highest BCUT2D eigenvalue weighted by Gasteiger charge is 2.07. The molecule has 0 amide bonds. The van der Waals surface area contributed by atoms with E-state index in [4.69, 9.17) is 4.74 Å². The van der Waals surface area contributed by atoms with Crippen LogP contribution in [0.4, 0.5) is 0 Å². The molecular weight excluding hydrogens is 270 g/mol. The summed E-state index contributed by atoms with van der Waals surface area (Å²) in [5, 5.41) is 5.52. The fourth-order valence-corrected chi connectivity index (χ4v) is 2.73. The molecule has 106 valence electrons. The van der Waals surface area contributed by atoms with Crippen molar-refractivity contribution in [2.75, 3.05) is 13.7 Å². The first kappa shape index (κ1) is 14.8. The SMILES string of the molecule is COC(=O)Cc1ccccc1CNCCc1cccs1. The van der Waals surface area contributed by atoms with Crippen molar-refractivity contribution in [3.63, 3.8) is 0 Å². The second kappa shape index (κ2) is 7.82. The van der Waals surface area contributed by atoms with Crippen LogP contribution in [0.3, 0.4) is 0 Å². The topological polar surface area (TPSA) is 38.3 Å². The maximum atomic E-state index is 11.4. The summed E-state index contributed by atoms with van der Waals surface area (Å²) in [6, 6.07) is 12.2. The summed E-state index contributed by atoms with van der Waals surface area (Å²) in [5.74, 6) is -0.198. The Bertz CT molecular complexity index is 537. The van der Waals surface area contributed by atoms with E-state index in [-0.39, 0.29) is 5.97 Å². The number of benzene rings is 1. The third-order valence-corrected chi connectivity index (χ3v) is 4.06. The molecule has 0 fully saturated rings. The predicted octanol–water partition coefficient (Wildman–Crippen LogP) is 2.80. The third-order valence-electron chi connectivity index (χ3n) is 3.12. The molecule has 1 heterocycles. The average Bonchev–Trinajstić information content (AvgIpc) is 2.98. The molecule has 0 spiro atoms. The van der Waals surface area contributed by atoms with Crippen LogP contribution in [0.1, 0.15) is 16.0 Å². The summed E-state index contributed by atoms with van der Waals surface area (Å²) < 4.78 is 4.73. The van der Waals surface area contributed by atoms with Gasteiger partial charge < -0.3 is 10.1 Å². The lowest BCUT2D eigenvalue weighted by Gasteiger charge is -2.09. The van der Waals surface area contributed by atoms with Crippen LogP contribution in [0.25, 0.3) is 0 Å². The van der Waals surface area contributed by atoms with Crippen molar-refractivity contribution >= 4 is 17.3 Å². The molecule has 1 aromatic heterocycles. The molecule has 1 aromatic carbocycles. The Labute approximate surface area is 123 Å². The standard InChI is InChI=1S/C16H19NO2S/c1-19-16(18)11-13-5-2-3-6-14(13)12-17-9-8-15-7-4-10-20-15/h2-7,10,17H,8-9,11-12H2,1H3. The number of esters is 1. The van der Waals surface area contributed by atoms with E-state index in [0.717, 1.165) is 30.6 Å². The molecule has 3 nitrogen and oxygen atoms in total. The molecule has 2 rings (SSSR count). The van der Waals surface area contributed by atoms with Crippen molar-refractivity contribution < 1.29 is 9.53 Å². The van der Waals surface area contributed by atoms with Crippen molar-refractivity contribution in [1.29, 1.82) is 0 Å². The second-order valence-electron chi connectivity index (χ2n) is 4.53. The highest BCUT2D eigenvalue weighted by Crippen LogP contribution is 2.11. The van der Waals surface area contributed by atoms with Gasteiger partial charge in [-0.2, -0.15) is 0 Å². The molecular formula is C16H19NO2S. The first-order chi connectivity index (χ1) is 9.79. The number of ether oxygens (including phenoxy) is 1. The van der Waals surface area contributed by atoms with Crippen LogP contribution < -0.4 is 5.32 Å². The Kier molecular flexibility index (Phi) is 5.77. The van der Waals surface area contributed by atoms with Crippen LogP contribution in [0, 0.1) is 0 Å². The lowest BCUT2D eigenvalue weighted by molar-refractivity contribution is -0.139. The molecule has 4 heteroatoms. The summed E-state index contributed by atoms with van der Waals surface area (Å²) in [5.41, 5.74) is 2.19. The molecule has 0 aliphatic rings. The lowest BCUT2D eigenvalue weighted by Crippen LogP contribution is -2.18.